The maximum atomic E-state index is 12.8. The third-order valence-corrected chi connectivity index (χ3v) is 6.58. The lowest BCUT2D eigenvalue weighted by Gasteiger charge is -2.19. The van der Waals surface area contributed by atoms with E-state index in [0.717, 1.165) is 5.56 Å². The van der Waals surface area contributed by atoms with Gasteiger partial charge in [-0.3, -0.25) is 0 Å². The average Bonchev–Trinajstić information content (AvgIpc) is 2.87. The summed E-state index contributed by atoms with van der Waals surface area (Å²) in [6.07, 6.45) is 3.58. The van der Waals surface area contributed by atoms with Gasteiger partial charge in [0.2, 0.25) is 10.0 Å². The molecule has 0 spiro atoms. The molecule has 1 aromatic rings. The van der Waals surface area contributed by atoms with E-state index in [-0.39, 0.29) is 0 Å². The highest BCUT2D eigenvalue weighted by Gasteiger charge is 2.42. The van der Waals surface area contributed by atoms with Crippen molar-refractivity contribution in [2.45, 2.75) is 31.1 Å². The number of nitrogens with zero attached hydrogens (tertiary/aromatic N) is 1. The van der Waals surface area contributed by atoms with Crippen LogP contribution in [-0.4, -0.2) is 25.8 Å². The Morgan fingerprint density at radius 1 is 1.21 bits per heavy atom. The van der Waals surface area contributed by atoms with Crippen LogP contribution in [0, 0.1) is 18.8 Å². The lowest BCUT2D eigenvalue weighted by atomic mass is 10.0. The van der Waals surface area contributed by atoms with Crippen LogP contribution in [-0.2, 0) is 10.0 Å². The monoisotopic (exact) mass is 280 g/mol. The van der Waals surface area contributed by atoms with Gasteiger partial charge < -0.3 is 5.73 Å². The van der Waals surface area contributed by atoms with Crippen LogP contribution in [0.4, 0.5) is 5.69 Å². The maximum Gasteiger partial charge on any atom is 0.245 e. The van der Waals surface area contributed by atoms with E-state index < -0.39 is 10.0 Å². The highest BCUT2D eigenvalue weighted by Crippen LogP contribution is 2.40. The third-order valence-electron chi connectivity index (χ3n) is 4.53. The van der Waals surface area contributed by atoms with E-state index in [0.29, 0.717) is 35.5 Å². The molecular formula is C14H20N2O2S. The molecule has 0 radical (unpaired) electrons. The van der Waals surface area contributed by atoms with Crippen molar-refractivity contribution in [3.05, 3.63) is 23.8 Å². The number of hydrogen-bond acceptors (Lipinski definition) is 3. The van der Waals surface area contributed by atoms with Crippen molar-refractivity contribution < 1.29 is 8.42 Å². The van der Waals surface area contributed by atoms with Crippen LogP contribution < -0.4 is 5.73 Å². The Morgan fingerprint density at radius 2 is 1.84 bits per heavy atom. The van der Waals surface area contributed by atoms with E-state index in [1.807, 2.05) is 0 Å². The summed E-state index contributed by atoms with van der Waals surface area (Å²) in [6, 6.07) is 5.26. The van der Waals surface area contributed by atoms with Crippen molar-refractivity contribution in [3.63, 3.8) is 0 Å². The average molecular weight is 280 g/mol. The Kier molecular flexibility index (Phi) is 3.06. The van der Waals surface area contributed by atoms with Crippen LogP contribution >= 0.6 is 0 Å². The number of nitrogen functional groups attached to an aromatic ring is 1. The van der Waals surface area contributed by atoms with E-state index >= 15 is 0 Å². The molecule has 1 heterocycles. The highest BCUT2D eigenvalue weighted by atomic mass is 32.2. The molecule has 0 amide bonds. The van der Waals surface area contributed by atoms with Crippen LogP contribution in [0.2, 0.25) is 0 Å². The van der Waals surface area contributed by atoms with Crippen molar-refractivity contribution in [3.8, 4) is 0 Å². The van der Waals surface area contributed by atoms with E-state index in [1.165, 1.54) is 19.3 Å². The van der Waals surface area contributed by atoms with E-state index in [1.54, 1.807) is 29.4 Å². The molecule has 2 aliphatic rings. The largest absolute Gasteiger partial charge is 0.398 e. The topological polar surface area (TPSA) is 63.4 Å². The SMILES string of the molecule is Cc1cccc(N)c1S(=O)(=O)N1CC2CCCC2C1. The predicted octanol–water partition coefficient (Wildman–Crippen LogP) is 2.00. The molecule has 5 heteroatoms. The Labute approximate surface area is 114 Å². The standard InChI is InChI=1S/C14H20N2O2S/c1-10-4-2-7-13(15)14(10)19(17,18)16-8-11-5-3-6-12(11)9-16/h2,4,7,11-12H,3,5-6,8-9,15H2,1H3. The van der Waals surface area contributed by atoms with E-state index in [2.05, 4.69) is 0 Å². The number of anilines is 1. The summed E-state index contributed by atoms with van der Waals surface area (Å²) in [4.78, 5) is 0.301. The fraction of sp³-hybridized carbons (Fsp3) is 0.571. The molecule has 0 bridgehead atoms. The van der Waals surface area contributed by atoms with Crippen molar-refractivity contribution in [1.29, 1.82) is 0 Å². The minimum atomic E-state index is -3.43. The third kappa shape index (κ3) is 2.05. The van der Waals surface area contributed by atoms with Gasteiger partial charge in [-0.15, -0.1) is 0 Å². The molecule has 104 valence electrons. The van der Waals surface area contributed by atoms with Gasteiger partial charge in [0.05, 0.1) is 5.69 Å². The molecule has 19 heavy (non-hydrogen) atoms. The number of rotatable bonds is 2. The first-order valence-electron chi connectivity index (χ1n) is 6.85. The van der Waals surface area contributed by atoms with Crippen molar-refractivity contribution >= 4 is 15.7 Å². The minimum absolute atomic E-state index is 0.301. The Balaban J connectivity index is 1.96. The molecule has 4 nitrogen and oxygen atoms in total. The molecule has 0 aromatic heterocycles. The molecule has 2 fully saturated rings. The van der Waals surface area contributed by atoms with Gasteiger partial charge in [-0.1, -0.05) is 18.6 Å². The second-order valence-corrected chi connectivity index (χ2v) is 7.64. The zero-order valence-electron chi connectivity index (χ0n) is 11.2. The van der Waals surface area contributed by atoms with Crippen molar-refractivity contribution in [2.75, 3.05) is 18.8 Å². The van der Waals surface area contributed by atoms with Gasteiger partial charge in [-0.2, -0.15) is 4.31 Å². The molecule has 3 rings (SSSR count). The number of benzene rings is 1. The van der Waals surface area contributed by atoms with Gasteiger partial charge >= 0.3 is 0 Å². The summed E-state index contributed by atoms with van der Waals surface area (Å²) in [5, 5.41) is 0. The molecule has 2 N–H and O–H groups in total. The minimum Gasteiger partial charge on any atom is -0.398 e. The maximum absolute atomic E-state index is 12.8. The molecule has 1 aromatic carbocycles. The zero-order chi connectivity index (χ0) is 13.6. The number of sulfonamides is 1. The first kappa shape index (κ1) is 12.9. The van der Waals surface area contributed by atoms with Gasteiger partial charge in [0, 0.05) is 13.1 Å². The summed E-state index contributed by atoms with van der Waals surface area (Å²) in [7, 11) is -3.43. The molecular weight excluding hydrogens is 260 g/mol. The lowest BCUT2D eigenvalue weighted by molar-refractivity contribution is 0.445. The van der Waals surface area contributed by atoms with Crippen molar-refractivity contribution in [2.24, 2.45) is 11.8 Å². The second-order valence-electron chi connectivity index (χ2n) is 5.77. The number of fused-ring (bicyclic) bond motifs is 1. The number of aryl methyl sites for hydroxylation is 1. The van der Waals surface area contributed by atoms with Crippen molar-refractivity contribution in [1.82, 2.24) is 4.31 Å². The van der Waals surface area contributed by atoms with Crippen LogP contribution in [0.3, 0.4) is 0 Å². The first-order valence-corrected chi connectivity index (χ1v) is 8.29. The predicted molar refractivity (Wildman–Crippen MR) is 75.2 cm³/mol. The quantitative estimate of drug-likeness (QED) is 0.843. The summed E-state index contributed by atoms with van der Waals surface area (Å²) in [5.41, 5.74) is 6.98. The number of hydrogen-bond donors (Lipinski definition) is 1. The molecule has 1 saturated carbocycles. The van der Waals surface area contributed by atoms with Gasteiger partial charge in [0.15, 0.2) is 0 Å². The fourth-order valence-electron chi connectivity index (χ4n) is 3.54. The van der Waals surface area contributed by atoms with Gasteiger partial charge in [-0.05, 0) is 43.2 Å². The van der Waals surface area contributed by atoms with Crippen LogP contribution in [0.5, 0.6) is 0 Å². The van der Waals surface area contributed by atoms with Gasteiger partial charge in [0.1, 0.15) is 4.90 Å². The van der Waals surface area contributed by atoms with Crippen LogP contribution in [0.15, 0.2) is 23.1 Å². The van der Waals surface area contributed by atoms with E-state index in [4.69, 9.17) is 5.73 Å². The molecule has 1 aliphatic heterocycles. The lowest BCUT2D eigenvalue weighted by Crippen LogP contribution is -2.30. The molecule has 2 unspecified atom stereocenters. The molecule has 1 saturated heterocycles. The summed E-state index contributed by atoms with van der Waals surface area (Å²) in [5.74, 6) is 1.11. The zero-order valence-corrected chi connectivity index (χ0v) is 12.0. The molecule has 2 atom stereocenters. The van der Waals surface area contributed by atoms with E-state index in [9.17, 15) is 8.42 Å². The van der Waals surface area contributed by atoms with Crippen LogP contribution in [0.1, 0.15) is 24.8 Å². The Morgan fingerprint density at radius 3 is 2.42 bits per heavy atom. The van der Waals surface area contributed by atoms with Crippen LogP contribution in [0.25, 0.3) is 0 Å². The Hall–Kier alpha value is -1.07. The summed E-state index contributed by atoms with van der Waals surface area (Å²) in [6.45, 7) is 3.14. The smallest absolute Gasteiger partial charge is 0.245 e. The van der Waals surface area contributed by atoms with Gasteiger partial charge in [0.25, 0.3) is 0 Å². The highest BCUT2D eigenvalue weighted by molar-refractivity contribution is 7.89. The Bertz CT molecular complexity index is 565. The second kappa shape index (κ2) is 4.49. The number of nitrogens with two attached hydrogens (primary N) is 1. The first-order chi connectivity index (χ1) is 9.00. The summed E-state index contributed by atoms with van der Waals surface area (Å²) < 4.78 is 27.1. The summed E-state index contributed by atoms with van der Waals surface area (Å²) >= 11 is 0. The molecule has 1 aliphatic carbocycles. The van der Waals surface area contributed by atoms with Gasteiger partial charge in [-0.25, -0.2) is 8.42 Å². The fourth-order valence-corrected chi connectivity index (χ4v) is 5.42. The normalized spacial score (nSPS) is 27.6.